The Hall–Kier alpha value is -1.22. The summed E-state index contributed by atoms with van der Waals surface area (Å²) in [6.45, 7) is 5.24. The fraction of sp³-hybridized carbons (Fsp3) is 0.562. The second-order valence-electron chi connectivity index (χ2n) is 5.67. The molecule has 0 amide bonds. The van der Waals surface area contributed by atoms with E-state index in [1.807, 2.05) is 19.2 Å². The molecule has 3 nitrogen and oxygen atoms in total. The molecule has 0 spiro atoms. The molecule has 4 heteroatoms. The van der Waals surface area contributed by atoms with Crippen molar-refractivity contribution in [2.75, 3.05) is 13.6 Å². The average Bonchev–Trinajstić information content (AvgIpc) is 3.24. The van der Waals surface area contributed by atoms with Crippen LogP contribution < -0.4 is 10.6 Å². The summed E-state index contributed by atoms with van der Waals surface area (Å²) < 4.78 is 0. The number of nitrogens with zero attached hydrogens (tertiary/aromatic N) is 1. The first-order valence-electron chi connectivity index (χ1n) is 7.33. The molecule has 0 radical (unpaired) electrons. The molecule has 0 saturated heterocycles. The third-order valence-corrected chi connectivity index (χ3v) is 4.34. The van der Waals surface area contributed by atoms with Gasteiger partial charge in [-0.25, -0.2) is 0 Å². The highest BCUT2D eigenvalue weighted by molar-refractivity contribution is 6.30. The van der Waals surface area contributed by atoms with Gasteiger partial charge in [-0.1, -0.05) is 30.7 Å². The molecule has 2 rings (SSSR count). The number of aliphatic imine (C=N–C) groups is 1. The van der Waals surface area contributed by atoms with E-state index in [0.29, 0.717) is 6.04 Å². The van der Waals surface area contributed by atoms with Crippen LogP contribution in [0.5, 0.6) is 0 Å². The Bertz CT molecular complexity index is 480. The number of rotatable bonds is 5. The van der Waals surface area contributed by atoms with Gasteiger partial charge in [-0.2, -0.15) is 0 Å². The molecule has 1 aromatic rings. The van der Waals surface area contributed by atoms with Crippen LogP contribution in [0.1, 0.15) is 38.7 Å². The molecule has 1 aromatic carbocycles. The summed E-state index contributed by atoms with van der Waals surface area (Å²) in [6, 6.07) is 8.65. The van der Waals surface area contributed by atoms with Gasteiger partial charge in [0.1, 0.15) is 0 Å². The van der Waals surface area contributed by atoms with Crippen LogP contribution in [-0.2, 0) is 5.41 Å². The standard InChI is InChI=1S/C16H24ClN3/c1-4-12(2)20-15(18-3)19-11-16(8-9-16)13-6-5-7-14(17)10-13/h5-7,10,12H,4,8-9,11H2,1-3H3,(H2,18,19,20). The second-order valence-corrected chi connectivity index (χ2v) is 6.11. The van der Waals surface area contributed by atoms with Gasteiger partial charge in [-0.05, 0) is 43.9 Å². The number of hydrogen-bond acceptors (Lipinski definition) is 1. The maximum absolute atomic E-state index is 6.10. The Labute approximate surface area is 126 Å². The Balaban J connectivity index is 1.96. The molecule has 110 valence electrons. The number of halogens is 1. The first-order valence-corrected chi connectivity index (χ1v) is 7.70. The quantitative estimate of drug-likeness (QED) is 0.645. The number of nitrogens with one attached hydrogen (secondary N) is 2. The minimum atomic E-state index is 0.234. The fourth-order valence-corrected chi connectivity index (χ4v) is 2.51. The van der Waals surface area contributed by atoms with Crippen molar-refractivity contribution in [3.63, 3.8) is 0 Å². The lowest BCUT2D eigenvalue weighted by Crippen LogP contribution is -2.44. The van der Waals surface area contributed by atoms with E-state index in [9.17, 15) is 0 Å². The van der Waals surface area contributed by atoms with E-state index in [1.165, 1.54) is 18.4 Å². The second kappa shape index (κ2) is 6.49. The van der Waals surface area contributed by atoms with E-state index in [2.05, 4.69) is 41.6 Å². The largest absolute Gasteiger partial charge is 0.356 e. The lowest BCUT2D eigenvalue weighted by Gasteiger charge is -2.21. The van der Waals surface area contributed by atoms with E-state index in [0.717, 1.165) is 23.9 Å². The van der Waals surface area contributed by atoms with Gasteiger partial charge < -0.3 is 10.6 Å². The van der Waals surface area contributed by atoms with Crippen LogP contribution in [0.25, 0.3) is 0 Å². The third kappa shape index (κ3) is 3.66. The zero-order chi connectivity index (χ0) is 14.6. The molecule has 1 aliphatic carbocycles. The van der Waals surface area contributed by atoms with Gasteiger partial charge in [0, 0.05) is 30.1 Å². The van der Waals surface area contributed by atoms with Crippen LogP contribution in [0.4, 0.5) is 0 Å². The summed E-state index contributed by atoms with van der Waals surface area (Å²) in [5.41, 5.74) is 1.56. The number of hydrogen-bond donors (Lipinski definition) is 2. The molecule has 20 heavy (non-hydrogen) atoms. The molecule has 1 unspecified atom stereocenters. The molecule has 0 heterocycles. The van der Waals surface area contributed by atoms with Gasteiger partial charge in [0.05, 0.1) is 0 Å². The van der Waals surface area contributed by atoms with Crippen LogP contribution in [-0.4, -0.2) is 25.6 Å². The van der Waals surface area contributed by atoms with Crippen LogP contribution in [0.2, 0.25) is 5.02 Å². The summed E-state index contributed by atoms with van der Waals surface area (Å²) in [5, 5.41) is 7.66. The van der Waals surface area contributed by atoms with Crippen LogP contribution in [0.3, 0.4) is 0 Å². The molecule has 0 bridgehead atoms. The van der Waals surface area contributed by atoms with Crippen molar-refractivity contribution in [1.82, 2.24) is 10.6 Å². The van der Waals surface area contributed by atoms with E-state index in [-0.39, 0.29) is 5.41 Å². The highest BCUT2D eigenvalue weighted by atomic mass is 35.5. The molecule has 0 aliphatic heterocycles. The summed E-state index contributed by atoms with van der Waals surface area (Å²) in [5.74, 6) is 0.882. The van der Waals surface area contributed by atoms with E-state index in [4.69, 9.17) is 11.6 Å². The van der Waals surface area contributed by atoms with E-state index in [1.54, 1.807) is 0 Å². The van der Waals surface area contributed by atoms with Crippen molar-refractivity contribution in [2.24, 2.45) is 4.99 Å². The monoisotopic (exact) mass is 293 g/mol. The highest BCUT2D eigenvalue weighted by Gasteiger charge is 2.44. The van der Waals surface area contributed by atoms with Gasteiger partial charge in [-0.3, -0.25) is 4.99 Å². The van der Waals surface area contributed by atoms with Crippen molar-refractivity contribution < 1.29 is 0 Å². The predicted octanol–water partition coefficient (Wildman–Crippen LogP) is 3.34. The Kier molecular flexibility index (Phi) is 4.92. The normalized spacial score (nSPS) is 18.5. The van der Waals surface area contributed by atoms with Crippen LogP contribution in [0.15, 0.2) is 29.3 Å². The maximum atomic E-state index is 6.10. The summed E-state index contributed by atoms with van der Waals surface area (Å²) in [7, 11) is 1.82. The van der Waals surface area contributed by atoms with Gasteiger partial charge in [-0.15, -0.1) is 0 Å². The molecule has 1 fully saturated rings. The minimum Gasteiger partial charge on any atom is -0.356 e. The molecule has 1 saturated carbocycles. The van der Waals surface area contributed by atoms with Gasteiger partial charge >= 0.3 is 0 Å². The zero-order valence-corrected chi connectivity index (χ0v) is 13.3. The lowest BCUT2D eigenvalue weighted by molar-refractivity contribution is 0.601. The molecular formula is C16H24ClN3. The first-order chi connectivity index (χ1) is 9.59. The van der Waals surface area contributed by atoms with Crippen LogP contribution >= 0.6 is 11.6 Å². The molecule has 0 aromatic heterocycles. The SMILES string of the molecule is CCC(C)NC(=NC)NCC1(c2cccc(Cl)c2)CC1. The topological polar surface area (TPSA) is 36.4 Å². The van der Waals surface area contributed by atoms with E-state index >= 15 is 0 Å². The van der Waals surface area contributed by atoms with Gasteiger partial charge in [0.2, 0.25) is 0 Å². The summed E-state index contributed by atoms with van der Waals surface area (Å²) >= 11 is 6.10. The number of guanidine groups is 1. The first kappa shape index (κ1) is 15.2. The van der Waals surface area contributed by atoms with Crippen molar-refractivity contribution in [2.45, 2.75) is 44.6 Å². The maximum Gasteiger partial charge on any atom is 0.191 e. The highest BCUT2D eigenvalue weighted by Crippen LogP contribution is 2.48. The predicted molar refractivity (Wildman–Crippen MR) is 86.6 cm³/mol. The Morgan fingerprint density at radius 1 is 1.45 bits per heavy atom. The summed E-state index contributed by atoms with van der Waals surface area (Å²) in [4.78, 5) is 4.29. The smallest absolute Gasteiger partial charge is 0.191 e. The average molecular weight is 294 g/mol. The van der Waals surface area contributed by atoms with Gasteiger partial charge in [0.15, 0.2) is 5.96 Å². The molecule has 2 N–H and O–H groups in total. The van der Waals surface area contributed by atoms with Crippen molar-refractivity contribution in [1.29, 1.82) is 0 Å². The molecular weight excluding hydrogens is 270 g/mol. The fourth-order valence-electron chi connectivity index (χ4n) is 2.32. The number of benzene rings is 1. The van der Waals surface area contributed by atoms with Crippen LogP contribution in [0, 0.1) is 0 Å². The zero-order valence-electron chi connectivity index (χ0n) is 12.5. The van der Waals surface area contributed by atoms with Crippen molar-refractivity contribution >= 4 is 17.6 Å². The van der Waals surface area contributed by atoms with E-state index < -0.39 is 0 Å². The summed E-state index contributed by atoms with van der Waals surface area (Å²) in [6.07, 6.45) is 3.50. The van der Waals surface area contributed by atoms with Crippen molar-refractivity contribution in [3.05, 3.63) is 34.9 Å². The molecule has 1 aliphatic rings. The minimum absolute atomic E-state index is 0.234. The molecule has 1 atom stereocenters. The Morgan fingerprint density at radius 2 is 2.20 bits per heavy atom. The van der Waals surface area contributed by atoms with Gasteiger partial charge in [0.25, 0.3) is 0 Å². The lowest BCUT2D eigenvalue weighted by atomic mass is 9.96. The third-order valence-electron chi connectivity index (χ3n) is 4.10. The van der Waals surface area contributed by atoms with Crippen molar-refractivity contribution in [3.8, 4) is 0 Å². The Morgan fingerprint density at radius 3 is 2.75 bits per heavy atom.